The minimum Gasteiger partial charge on any atom is -0.337 e. The molecule has 21 heavy (non-hydrogen) atoms. The molecular formula is C16H20N4S. The van der Waals surface area contributed by atoms with Crippen LogP contribution in [0.1, 0.15) is 12.0 Å². The molecule has 4 nitrogen and oxygen atoms in total. The topological polar surface area (TPSA) is 34.0 Å². The number of fused-ring (bicyclic) bond motifs is 1. The number of aromatic nitrogens is 3. The lowest BCUT2D eigenvalue weighted by Gasteiger charge is -2.24. The second-order valence-electron chi connectivity index (χ2n) is 5.57. The summed E-state index contributed by atoms with van der Waals surface area (Å²) in [7, 11) is 4.31. The van der Waals surface area contributed by atoms with Gasteiger partial charge in [0.15, 0.2) is 0 Å². The van der Waals surface area contributed by atoms with Crippen LogP contribution in [-0.4, -0.2) is 39.6 Å². The molecule has 0 N–H and O–H groups in total. The van der Waals surface area contributed by atoms with Crippen LogP contribution in [0.15, 0.2) is 42.4 Å². The van der Waals surface area contributed by atoms with Crippen LogP contribution in [-0.2, 0) is 13.0 Å². The molecule has 1 aromatic carbocycles. The standard InChI is InChI=1S/C16H20N4S/c1-19(2)14(5-7-20-8-6-17-11-20)9-13-3-4-15-16(10-13)21-12-18-15/h3-4,6,8,10-12,14H,5,7,9H2,1-2H3. The highest BCUT2D eigenvalue weighted by atomic mass is 32.1. The van der Waals surface area contributed by atoms with E-state index >= 15 is 0 Å². The van der Waals surface area contributed by atoms with Gasteiger partial charge in [0.05, 0.1) is 22.1 Å². The third kappa shape index (κ3) is 3.49. The van der Waals surface area contributed by atoms with Gasteiger partial charge in [-0.05, 0) is 44.6 Å². The maximum Gasteiger partial charge on any atom is 0.0945 e. The Kier molecular flexibility index (Phi) is 4.31. The molecule has 1 atom stereocenters. The van der Waals surface area contributed by atoms with Crippen molar-refractivity contribution in [1.82, 2.24) is 19.4 Å². The van der Waals surface area contributed by atoms with Crippen LogP contribution < -0.4 is 0 Å². The molecule has 3 rings (SSSR count). The maximum absolute atomic E-state index is 4.34. The Hall–Kier alpha value is -1.72. The highest BCUT2D eigenvalue weighted by molar-refractivity contribution is 7.16. The third-order valence-corrected chi connectivity index (χ3v) is 4.67. The highest BCUT2D eigenvalue weighted by Crippen LogP contribution is 2.21. The molecule has 3 aromatic rings. The van der Waals surface area contributed by atoms with Crippen LogP contribution in [0, 0.1) is 0 Å². The van der Waals surface area contributed by atoms with Crippen molar-refractivity contribution in [1.29, 1.82) is 0 Å². The van der Waals surface area contributed by atoms with Crippen LogP contribution >= 0.6 is 11.3 Å². The van der Waals surface area contributed by atoms with Gasteiger partial charge in [-0.15, -0.1) is 11.3 Å². The first-order chi connectivity index (χ1) is 10.2. The zero-order valence-corrected chi connectivity index (χ0v) is 13.3. The lowest BCUT2D eigenvalue weighted by atomic mass is 10.0. The van der Waals surface area contributed by atoms with Crippen LogP contribution in [0.3, 0.4) is 0 Å². The monoisotopic (exact) mass is 300 g/mol. The largest absolute Gasteiger partial charge is 0.337 e. The number of hydrogen-bond acceptors (Lipinski definition) is 4. The molecule has 0 fully saturated rings. The molecule has 1 unspecified atom stereocenters. The molecule has 110 valence electrons. The van der Waals surface area contributed by atoms with Crippen molar-refractivity contribution in [2.45, 2.75) is 25.4 Å². The zero-order valence-electron chi connectivity index (χ0n) is 12.4. The van der Waals surface area contributed by atoms with Crippen molar-refractivity contribution >= 4 is 21.6 Å². The summed E-state index contributed by atoms with van der Waals surface area (Å²) in [5.41, 5.74) is 4.40. The number of likely N-dealkylation sites (N-methyl/N-ethyl adjacent to an activating group) is 1. The van der Waals surface area contributed by atoms with E-state index in [4.69, 9.17) is 0 Å². The molecule has 0 saturated heterocycles. The van der Waals surface area contributed by atoms with Crippen molar-refractivity contribution in [2.75, 3.05) is 14.1 Å². The van der Waals surface area contributed by atoms with E-state index in [1.807, 2.05) is 24.2 Å². The summed E-state index contributed by atoms with van der Waals surface area (Å²) in [6.45, 7) is 1.01. The Morgan fingerprint density at radius 1 is 1.33 bits per heavy atom. The number of aryl methyl sites for hydroxylation is 1. The van der Waals surface area contributed by atoms with Crippen LogP contribution in [0.4, 0.5) is 0 Å². The molecule has 0 bridgehead atoms. The van der Waals surface area contributed by atoms with Crippen molar-refractivity contribution < 1.29 is 0 Å². The van der Waals surface area contributed by atoms with Gasteiger partial charge >= 0.3 is 0 Å². The fourth-order valence-electron chi connectivity index (χ4n) is 2.56. The molecule has 0 aliphatic rings. The second kappa shape index (κ2) is 6.37. The fourth-order valence-corrected chi connectivity index (χ4v) is 3.30. The summed E-state index contributed by atoms with van der Waals surface area (Å²) in [5, 5.41) is 0. The van der Waals surface area contributed by atoms with Crippen LogP contribution in [0.25, 0.3) is 10.2 Å². The third-order valence-electron chi connectivity index (χ3n) is 3.88. The Bertz CT molecular complexity index is 687. The fraction of sp³-hybridized carbons (Fsp3) is 0.375. The average Bonchev–Trinajstić information content (AvgIpc) is 3.13. The molecule has 2 aromatic heterocycles. The molecule has 5 heteroatoms. The van der Waals surface area contributed by atoms with E-state index in [2.05, 4.69) is 51.7 Å². The summed E-state index contributed by atoms with van der Waals surface area (Å²) in [6.07, 6.45) is 7.92. The molecule has 2 heterocycles. The zero-order chi connectivity index (χ0) is 14.7. The van der Waals surface area contributed by atoms with E-state index in [1.165, 1.54) is 10.3 Å². The first kappa shape index (κ1) is 14.2. The first-order valence-corrected chi connectivity index (χ1v) is 8.04. The summed E-state index contributed by atoms with van der Waals surface area (Å²) >= 11 is 1.71. The lowest BCUT2D eigenvalue weighted by Crippen LogP contribution is -2.31. The summed E-state index contributed by atoms with van der Waals surface area (Å²) in [5.74, 6) is 0. The Morgan fingerprint density at radius 2 is 2.24 bits per heavy atom. The van der Waals surface area contributed by atoms with Gasteiger partial charge < -0.3 is 9.47 Å². The van der Waals surface area contributed by atoms with E-state index in [1.54, 1.807) is 11.3 Å². The van der Waals surface area contributed by atoms with E-state index in [9.17, 15) is 0 Å². The van der Waals surface area contributed by atoms with E-state index < -0.39 is 0 Å². The molecule has 0 radical (unpaired) electrons. The highest BCUT2D eigenvalue weighted by Gasteiger charge is 2.13. The van der Waals surface area contributed by atoms with E-state index in [0.29, 0.717) is 6.04 Å². The smallest absolute Gasteiger partial charge is 0.0945 e. The molecule has 0 aliphatic heterocycles. The van der Waals surface area contributed by atoms with Gasteiger partial charge in [-0.2, -0.15) is 0 Å². The van der Waals surface area contributed by atoms with Gasteiger partial charge in [0, 0.05) is 25.0 Å². The molecule has 0 amide bonds. The van der Waals surface area contributed by atoms with Gasteiger partial charge in [0.1, 0.15) is 0 Å². The lowest BCUT2D eigenvalue weighted by molar-refractivity contribution is 0.267. The van der Waals surface area contributed by atoms with Gasteiger partial charge in [0.25, 0.3) is 0 Å². The minimum atomic E-state index is 0.526. The quantitative estimate of drug-likeness (QED) is 0.701. The van der Waals surface area contributed by atoms with E-state index in [-0.39, 0.29) is 0 Å². The minimum absolute atomic E-state index is 0.526. The number of benzene rings is 1. The molecule has 0 saturated carbocycles. The Labute approximate surface area is 129 Å². The van der Waals surface area contributed by atoms with Crippen molar-refractivity contribution in [3.8, 4) is 0 Å². The van der Waals surface area contributed by atoms with Crippen LogP contribution in [0.2, 0.25) is 0 Å². The number of rotatable bonds is 6. The van der Waals surface area contributed by atoms with Crippen molar-refractivity contribution in [2.24, 2.45) is 0 Å². The molecule has 0 aliphatic carbocycles. The predicted molar refractivity (Wildman–Crippen MR) is 87.6 cm³/mol. The number of hydrogen-bond donors (Lipinski definition) is 0. The number of imidazole rings is 1. The first-order valence-electron chi connectivity index (χ1n) is 7.16. The Morgan fingerprint density at radius 3 is 3.00 bits per heavy atom. The van der Waals surface area contributed by atoms with Gasteiger partial charge in [-0.3, -0.25) is 0 Å². The van der Waals surface area contributed by atoms with Gasteiger partial charge in [-0.1, -0.05) is 6.07 Å². The van der Waals surface area contributed by atoms with Crippen molar-refractivity contribution in [3.05, 3.63) is 48.0 Å². The summed E-state index contributed by atoms with van der Waals surface area (Å²) in [6, 6.07) is 7.14. The van der Waals surface area contributed by atoms with Gasteiger partial charge in [0.2, 0.25) is 0 Å². The van der Waals surface area contributed by atoms with E-state index in [0.717, 1.165) is 24.9 Å². The molecule has 0 spiro atoms. The van der Waals surface area contributed by atoms with Gasteiger partial charge in [-0.25, -0.2) is 9.97 Å². The average molecular weight is 300 g/mol. The maximum atomic E-state index is 4.34. The number of nitrogens with zero attached hydrogens (tertiary/aromatic N) is 4. The summed E-state index contributed by atoms with van der Waals surface area (Å²) < 4.78 is 3.42. The van der Waals surface area contributed by atoms with Crippen molar-refractivity contribution in [3.63, 3.8) is 0 Å². The van der Waals surface area contributed by atoms with Crippen LogP contribution in [0.5, 0.6) is 0 Å². The number of thiazole rings is 1. The Balaban J connectivity index is 1.68. The predicted octanol–water partition coefficient (Wildman–Crippen LogP) is 3.06. The SMILES string of the molecule is CN(C)C(CCn1ccnc1)Cc1ccc2ncsc2c1. The summed E-state index contributed by atoms with van der Waals surface area (Å²) in [4.78, 5) is 10.8. The second-order valence-corrected chi connectivity index (χ2v) is 6.45. The normalized spacial score (nSPS) is 13.1. The molecular weight excluding hydrogens is 280 g/mol.